The van der Waals surface area contributed by atoms with E-state index in [9.17, 15) is 0 Å². The average Bonchev–Trinajstić information content (AvgIpc) is 2.65. The smallest absolute Gasteiger partial charge is 0.0534 e. The van der Waals surface area contributed by atoms with Crippen LogP contribution in [0.1, 0.15) is 57.6 Å². The van der Waals surface area contributed by atoms with Crippen molar-refractivity contribution in [1.29, 1.82) is 0 Å². The summed E-state index contributed by atoms with van der Waals surface area (Å²) >= 11 is 0. The Labute approximate surface area is 98.2 Å². The highest BCUT2D eigenvalue weighted by molar-refractivity contribution is 5.05. The van der Waals surface area contributed by atoms with Crippen molar-refractivity contribution in [2.24, 2.45) is 0 Å². The van der Waals surface area contributed by atoms with E-state index < -0.39 is 0 Å². The zero-order chi connectivity index (χ0) is 11.4. The minimum atomic E-state index is 0.645. The Balaban J connectivity index is 1.82. The van der Waals surface area contributed by atoms with Crippen molar-refractivity contribution in [3.8, 4) is 0 Å². The first-order valence-electron chi connectivity index (χ1n) is 6.59. The van der Waals surface area contributed by atoms with E-state index in [2.05, 4.69) is 35.1 Å². The van der Waals surface area contributed by atoms with Crippen molar-refractivity contribution in [3.05, 3.63) is 18.0 Å². The maximum atomic E-state index is 4.44. The van der Waals surface area contributed by atoms with Gasteiger partial charge in [0, 0.05) is 24.3 Å². The largest absolute Gasteiger partial charge is 0.310 e. The quantitative estimate of drug-likeness (QED) is 0.800. The average molecular weight is 221 g/mol. The fourth-order valence-electron chi connectivity index (χ4n) is 2.16. The van der Waals surface area contributed by atoms with Crippen LogP contribution in [0.15, 0.2) is 12.4 Å². The van der Waals surface area contributed by atoms with Gasteiger partial charge in [0.05, 0.1) is 12.2 Å². The van der Waals surface area contributed by atoms with E-state index in [0.29, 0.717) is 12.1 Å². The van der Waals surface area contributed by atoms with E-state index in [4.69, 9.17) is 0 Å². The molecule has 1 aliphatic rings. The third-order valence-corrected chi connectivity index (χ3v) is 3.68. The lowest BCUT2D eigenvalue weighted by Gasteiger charge is -2.25. The zero-order valence-electron chi connectivity index (χ0n) is 10.4. The van der Waals surface area contributed by atoms with E-state index in [1.165, 1.54) is 37.7 Å². The number of nitrogens with zero attached hydrogens (tertiary/aromatic N) is 2. The van der Waals surface area contributed by atoms with Crippen molar-refractivity contribution in [1.82, 2.24) is 15.1 Å². The summed E-state index contributed by atoms with van der Waals surface area (Å²) < 4.78 is 2.15. The molecule has 3 heteroatoms. The molecule has 1 N–H and O–H groups in total. The molecule has 0 aromatic carbocycles. The van der Waals surface area contributed by atoms with E-state index in [1.807, 2.05) is 6.20 Å². The maximum absolute atomic E-state index is 4.44. The van der Waals surface area contributed by atoms with Crippen LogP contribution in [0.3, 0.4) is 0 Å². The molecular formula is C13H23N3. The summed E-state index contributed by atoms with van der Waals surface area (Å²) in [4.78, 5) is 0. The van der Waals surface area contributed by atoms with Crippen molar-refractivity contribution >= 4 is 0 Å². The number of hydrogen-bond acceptors (Lipinski definition) is 2. The van der Waals surface area contributed by atoms with Gasteiger partial charge in [-0.05, 0) is 32.1 Å². The predicted octanol–water partition coefficient (Wildman–Crippen LogP) is 2.89. The normalized spacial score (nSPS) is 16.7. The Morgan fingerprint density at radius 2 is 2.19 bits per heavy atom. The van der Waals surface area contributed by atoms with Crippen molar-refractivity contribution in [3.63, 3.8) is 0 Å². The molecule has 1 aliphatic carbocycles. The van der Waals surface area contributed by atoms with Crippen LogP contribution in [0.5, 0.6) is 0 Å². The van der Waals surface area contributed by atoms with Crippen molar-refractivity contribution < 1.29 is 0 Å². The second kappa shape index (κ2) is 5.48. The number of aromatic nitrogens is 2. The van der Waals surface area contributed by atoms with Gasteiger partial charge in [0.1, 0.15) is 0 Å². The van der Waals surface area contributed by atoms with Crippen LogP contribution in [0.2, 0.25) is 0 Å². The van der Waals surface area contributed by atoms with Gasteiger partial charge in [0.2, 0.25) is 0 Å². The Bertz CT molecular complexity index is 311. The van der Waals surface area contributed by atoms with Crippen LogP contribution in [0.4, 0.5) is 0 Å². The molecular weight excluding hydrogens is 198 g/mol. The molecule has 0 saturated heterocycles. The van der Waals surface area contributed by atoms with Gasteiger partial charge in [0.15, 0.2) is 0 Å². The molecule has 1 fully saturated rings. The monoisotopic (exact) mass is 221 g/mol. The van der Waals surface area contributed by atoms with Gasteiger partial charge >= 0.3 is 0 Å². The number of hydrogen-bond donors (Lipinski definition) is 1. The molecule has 90 valence electrons. The van der Waals surface area contributed by atoms with Crippen LogP contribution in [-0.4, -0.2) is 15.8 Å². The molecule has 3 nitrogen and oxygen atoms in total. The SMILES string of the molecule is CCC(CC)NCc1cnn(C2CCC2)c1. The van der Waals surface area contributed by atoms with E-state index in [0.717, 1.165) is 6.54 Å². The summed E-state index contributed by atoms with van der Waals surface area (Å²) in [6.07, 6.45) is 10.6. The molecule has 0 amide bonds. The molecule has 0 unspecified atom stereocenters. The van der Waals surface area contributed by atoms with Gasteiger partial charge in [-0.25, -0.2) is 0 Å². The lowest BCUT2D eigenvalue weighted by molar-refractivity contribution is 0.289. The van der Waals surface area contributed by atoms with E-state index in [1.54, 1.807) is 0 Å². The second-order valence-electron chi connectivity index (χ2n) is 4.81. The van der Waals surface area contributed by atoms with Crippen molar-refractivity contribution in [2.45, 2.75) is 64.6 Å². The topological polar surface area (TPSA) is 29.9 Å². The molecule has 0 radical (unpaired) electrons. The minimum absolute atomic E-state index is 0.645. The van der Waals surface area contributed by atoms with Crippen LogP contribution in [0, 0.1) is 0 Å². The zero-order valence-corrected chi connectivity index (χ0v) is 10.4. The molecule has 1 heterocycles. The summed E-state index contributed by atoms with van der Waals surface area (Å²) in [5, 5.41) is 8.01. The number of rotatable bonds is 6. The van der Waals surface area contributed by atoms with Crippen LogP contribution in [-0.2, 0) is 6.54 Å². The summed E-state index contributed by atoms with van der Waals surface area (Å²) in [5.41, 5.74) is 1.32. The molecule has 2 rings (SSSR count). The molecule has 0 bridgehead atoms. The lowest BCUT2D eigenvalue weighted by atomic mass is 9.93. The van der Waals surface area contributed by atoms with Gasteiger partial charge < -0.3 is 5.32 Å². The van der Waals surface area contributed by atoms with Gasteiger partial charge in [-0.1, -0.05) is 13.8 Å². The summed E-state index contributed by atoms with van der Waals surface area (Å²) in [6.45, 7) is 5.43. The highest BCUT2D eigenvalue weighted by atomic mass is 15.3. The molecule has 16 heavy (non-hydrogen) atoms. The first-order valence-corrected chi connectivity index (χ1v) is 6.59. The standard InChI is InChI=1S/C13H23N3/c1-3-12(4-2)14-8-11-9-15-16(10-11)13-6-5-7-13/h9-10,12-14H,3-8H2,1-2H3. The van der Waals surface area contributed by atoms with Crippen LogP contribution >= 0.6 is 0 Å². The highest BCUT2D eigenvalue weighted by Crippen LogP contribution is 2.30. The first kappa shape index (κ1) is 11.6. The maximum Gasteiger partial charge on any atom is 0.0534 e. The Hall–Kier alpha value is -0.830. The van der Waals surface area contributed by atoms with Gasteiger partial charge in [0.25, 0.3) is 0 Å². The summed E-state index contributed by atoms with van der Waals surface area (Å²) in [5.74, 6) is 0. The van der Waals surface area contributed by atoms with Crippen molar-refractivity contribution in [2.75, 3.05) is 0 Å². The fourth-order valence-corrected chi connectivity index (χ4v) is 2.16. The van der Waals surface area contributed by atoms with Gasteiger partial charge in [-0.2, -0.15) is 5.10 Å². The lowest BCUT2D eigenvalue weighted by Crippen LogP contribution is -2.26. The molecule has 0 aliphatic heterocycles. The van der Waals surface area contributed by atoms with E-state index >= 15 is 0 Å². The van der Waals surface area contributed by atoms with Gasteiger partial charge in [-0.3, -0.25) is 4.68 Å². The molecule has 1 saturated carbocycles. The fraction of sp³-hybridized carbons (Fsp3) is 0.769. The summed E-state index contributed by atoms with van der Waals surface area (Å²) in [6, 6.07) is 1.33. The molecule has 0 spiro atoms. The Morgan fingerprint density at radius 1 is 1.44 bits per heavy atom. The molecule has 0 atom stereocenters. The second-order valence-corrected chi connectivity index (χ2v) is 4.81. The Kier molecular flexibility index (Phi) is 3.99. The highest BCUT2D eigenvalue weighted by Gasteiger charge is 2.19. The summed E-state index contributed by atoms with van der Waals surface area (Å²) in [7, 11) is 0. The van der Waals surface area contributed by atoms with Crippen LogP contribution < -0.4 is 5.32 Å². The molecule has 1 aromatic rings. The van der Waals surface area contributed by atoms with Gasteiger partial charge in [-0.15, -0.1) is 0 Å². The third kappa shape index (κ3) is 2.64. The molecule has 1 aromatic heterocycles. The van der Waals surface area contributed by atoms with Crippen LogP contribution in [0.25, 0.3) is 0 Å². The third-order valence-electron chi connectivity index (χ3n) is 3.68. The first-order chi connectivity index (χ1) is 7.83. The minimum Gasteiger partial charge on any atom is -0.310 e. The Morgan fingerprint density at radius 3 is 2.75 bits per heavy atom. The number of nitrogens with one attached hydrogen (secondary N) is 1. The van der Waals surface area contributed by atoms with E-state index in [-0.39, 0.29) is 0 Å². The predicted molar refractivity (Wildman–Crippen MR) is 66.3 cm³/mol.